The molecule has 0 aliphatic heterocycles. The van der Waals surface area contributed by atoms with Crippen LogP contribution < -0.4 is 4.74 Å². The van der Waals surface area contributed by atoms with Gasteiger partial charge in [0, 0.05) is 0 Å². The van der Waals surface area contributed by atoms with Crippen LogP contribution in [0.5, 0.6) is 5.75 Å². The van der Waals surface area contributed by atoms with Gasteiger partial charge in [-0.05, 0) is 62.4 Å². The first-order chi connectivity index (χ1) is 12.1. The third-order valence-electron chi connectivity index (χ3n) is 3.65. The van der Waals surface area contributed by atoms with Gasteiger partial charge in [-0.2, -0.15) is 10.2 Å². The van der Waals surface area contributed by atoms with Crippen LogP contribution >= 0.6 is 0 Å². The molecule has 0 fully saturated rings. The number of benzene rings is 3. The lowest BCUT2D eigenvalue weighted by Crippen LogP contribution is -2.08. The van der Waals surface area contributed by atoms with E-state index in [0.717, 1.165) is 11.3 Å². The van der Waals surface area contributed by atoms with Crippen LogP contribution in [0, 0.1) is 13.8 Å². The monoisotopic (exact) mass is 330 g/mol. The number of nitrogens with zero attached hydrogens (tertiary/aromatic N) is 2. The summed E-state index contributed by atoms with van der Waals surface area (Å²) in [5.74, 6) is 0.0916. The summed E-state index contributed by atoms with van der Waals surface area (Å²) in [5, 5.41) is 8.36. The molecule has 3 rings (SSSR count). The Morgan fingerprint density at radius 3 is 1.64 bits per heavy atom. The second-order valence-electron chi connectivity index (χ2n) is 5.78. The van der Waals surface area contributed by atoms with Crippen LogP contribution in [0.4, 0.5) is 11.4 Å². The van der Waals surface area contributed by atoms with E-state index in [9.17, 15) is 4.79 Å². The van der Waals surface area contributed by atoms with E-state index in [-0.39, 0.29) is 5.97 Å². The molecule has 0 spiro atoms. The number of rotatable bonds is 4. The van der Waals surface area contributed by atoms with Gasteiger partial charge in [0.2, 0.25) is 0 Å². The highest BCUT2D eigenvalue weighted by Crippen LogP contribution is 2.22. The minimum absolute atomic E-state index is 0.381. The first kappa shape index (κ1) is 16.6. The zero-order chi connectivity index (χ0) is 17.6. The zero-order valence-electron chi connectivity index (χ0n) is 14.1. The Morgan fingerprint density at radius 1 is 0.680 bits per heavy atom. The minimum Gasteiger partial charge on any atom is -0.423 e. The summed E-state index contributed by atoms with van der Waals surface area (Å²) in [4.78, 5) is 12.1. The standard InChI is InChI=1S/C21H18N2O2/c1-15-3-7-17(8-4-15)21(24)25-20-13-11-19(12-14-20)23-22-18-9-5-16(2)6-10-18/h3-14H,1-2H3. The van der Waals surface area contributed by atoms with Gasteiger partial charge >= 0.3 is 5.97 Å². The molecule has 0 aliphatic rings. The summed E-state index contributed by atoms with van der Waals surface area (Å²) in [6, 6.07) is 22.0. The van der Waals surface area contributed by atoms with Gasteiger partial charge in [-0.1, -0.05) is 35.4 Å². The number of aryl methyl sites for hydroxylation is 2. The van der Waals surface area contributed by atoms with E-state index in [1.165, 1.54) is 5.56 Å². The van der Waals surface area contributed by atoms with Crippen molar-refractivity contribution in [3.8, 4) is 5.75 Å². The van der Waals surface area contributed by atoms with E-state index in [2.05, 4.69) is 10.2 Å². The van der Waals surface area contributed by atoms with Gasteiger partial charge in [0.15, 0.2) is 0 Å². The molecule has 0 unspecified atom stereocenters. The highest BCUT2D eigenvalue weighted by molar-refractivity contribution is 5.91. The molecule has 4 nitrogen and oxygen atoms in total. The largest absolute Gasteiger partial charge is 0.423 e. The van der Waals surface area contributed by atoms with Crippen molar-refractivity contribution in [2.24, 2.45) is 10.2 Å². The van der Waals surface area contributed by atoms with Crippen LogP contribution in [0.1, 0.15) is 21.5 Å². The molecular formula is C21H18N2O2. The molecule has 0 aliphatic carbocycles. The third kappa shape index (κ3) is 4.61. The molecule has 0 saturated carbocycles. The predicted molar refractivity (Wildman–Crippen MR) is 97.9 cm³/mol. The van der Waals surface area contributed by atoms with Crippen molar-refractivity contribution in [2.45, 2.75) is 13.8 Å². The van der Waals surface area contributed by atoms with E-state index in [4.69, 9.17) is 4.74 Å². The van der Waals surface area contributed by atoms with Crippen molar-refractivity contribution in [1.29, 1.82) is 0 Å². The quantitative estimate of drug-likeness (QED) is 0.338. The molecular weight excluding hydrogens is 312 g/mol. The van der Waals surface area contributed by atoms with Gasteiger partial charge in [0.1, 0.15) is 5.75 Å². The molecule has 3 aromatic rings. The van der Waals surface area contributed by atoms with E-state index in [1.807, 2.05) is 50.2 Å². The predicted octanol–water partition coefficient (Wildman–Crippen LogP) is 5.94. The Balaban J connectivity index is 1.64. The summed E-state index contributed by atoms with van der Waals surface area (Å²) < 4.78 is 5.36. The number of esters is 1. The Kier molecular flexibility index (Phi) is 5.00. The van der Waals surface area contributed by atoms with Crippen molar-refractivity contribution in [2.75, 3.05) is 0 Å². The summed E-state index contributed by atoms with van der Waals surface area (Å²) in [7, 11) is 0. The van der Waals surface area contributed by atoms with E-state index in [0.29, 0.717) is 17.0 Å². The second kappa shape index (κ2) is 7.53. The van der Waals surface area contributed by atoms with E-state index in [1.54, 1.807) is 36.4 Å². The van der Waals surface area contributed by atoms with Crippen molar-refractivity contribution in [3.05, 3.63) is 89.5 Å². The fourth-order valence-electron chi connectivity index (χ4n) is 2.16. The Hall–Kier alpha value is -3.27. The number of carbonyl (C=O) groups excluding carboxylic acids is 1. The van der Waals surface area contributed by atoms with Crippen molar-refractivity contribution >= 4 is 17.3 Å². The number of ether oxygens (including phenoxy) is 1. The van der Waals surface area contributed by atoms with Crippen molar-refractivity contribution < 1.29 is 9.53 Å². The first-order valence-electron chi connectivity index (χ1n) is 7.97. The molecule has 0 amide bonds. The Labute approximate surface area is 146 Å². The topological polar surface area (TPSA) is 51.0 Å². The second-order valence-corrected chi connectivity index (χ2v) is 5.78. The number of hydrogen-bond acceptors (Lipinski definition) is 4. The van der Waals surface area contributed by atoms with Gasteiger partial charge in [0.05, 0.1) is 16.9 Å². The van der Waals surface area contributed by atoms with Gasteiger partial charge < -0.3 is 4.74 Å². The van der Waals surface area contributed by atoms with Gasteiger partial charge in [-0.3, -0.25) is 0 Å². The summed E-state index contributed by atoms with van der Waals surface area (Å²) in [6.07, 6.45) is 0. The average Bonchev–Trinajstić information content (AvgIpc) is 2.63. The lowest BCUT2D eigenvalue weighted by molar-refractivity contribution is 0.0735. The van der Waals surface area contributed by atoms with Gasteiger partial charge in [-0.15, -0.1) is 0 Å². The van der Waals surface area contributed by atoms with E-state index >= 15 is 0 Å². The highest BCUT2D eigenvalue weighted by atomic mass is 16.5. The normalized spacial score (nSPS) is 10.8. The molecule has 124 valence electrons. The smallest absolute Gasteiger partial charge is 0.343 e. The third-order valence-corrected chi connectivity index (χ3v) is 3.65. The first-order valence-corrected chi connectivity index (χ1v) is 7.97. The maximum atomic E-state index is 12.1. The fourth-order valence-corrected chi connectivity index (χ4v) is 2.16. The zero-order valence-corrected chi connectivity index (χ0v) is 14.1. The minimum atomic E-state index is -0.381. The number of hydrogen-bond donors (Lipinski definition) is 0. The number of azo groups is 1. The molecule has 0 saturated heterocycles. The van der Waals surface area contributed by atoms with Crippen LogP contribution in [-0.2, 0) is 0 Å². The Bertz CT molecular complexity index is 881. The maximum absolute atomic E-state index is 12.1. The molecule has 0 N–H and O–H groups in total. The maximum Gasteiger partial charge on any atom is 0.343 e. The Morgan fingerprint density at radius 2 is 1.12 bits per heavy atom. The number of carbonyl (C=O) groups is 1. The summed E-state index contributed by atoms with van der Waals surface area (Å²) in [5.41, 5.74) is 4.28. The van der Waals surface area contributed by atoms with Crippen LogP contribution in [0.3, 0.4) is 0 Å². The molecule has 25 heavy (non-hydrogen) atoms. The van der Waals surface area contributed by atoms with Crippen LogP contribution in [0.2, 0.25) is 0 Å². The molecule has 0 aromatic heterocycles. The molecule has 0 bridgehead atoms. The fraction of sp³-hybridized carbons (Fsp3) is 0.0952. The molecule has 4 heteroatoms. The van der Waals surface area contributed by atoms with Gasteiger partial charge in [0.25, 0.3) is 0 Å². The van der Waals surface area contributed by atoms with Gasteiger partial charge in [-0.25, -0.2) is 4.79 Å². The molecule has 0 atom stereocenters. The van der Waals surface area contributed by atoms with Crippen LogP contribution in [0.15, 0.2) is 83.0 Å². The molecule has 3 aromatic carbocycles. The summed E-state index contributed by atoms with van der Waals surface area (Å²) in [6.45, 7) is 4.00. The van der Waals surface area contributed by atoms with Crippen LogP contribution in [0.25, 0.3) is 0 Å². The average molecular weight is 330 g/mol. The SMILES string of the molecule is Cc1ccc(N=Nc2ccc(OC(=O)c3ccc(C)cc3)cc2)cc1. The lowest BCUT2D eigenvalue weighted by Gasteiger charge is -2.04. The lowest BCUT2D eigenvalue weighted by atomic mass is 10.1. The van der Waals surface area contributed by atoms with Crippen molar-refractivity contribution in [3.63, 3.8) is 0 Å². The highest BCUT2D eigenvalue weighted by Gasteiger charge is 2.08. The van der Waals surface area contributed by atoms with Crippen LogP contribution in [-0.4, -0.2) is 5.97 Å². The van der Waals surface area contributed by atoms with E-state index < -0.39 is 0 Å². The molecule has 0 radical (unpaired) electrons. The van der Waals surface area contributed by atoms with Crippen molar-refractivity contribution in [1.82, 2.24) is 0 Å². The summed E-state index contributed by atoms with van der Waals surface area (Å²) >= 11 is 0. The molecule has 0 heterocycles.